The number of hydrogen-bond donors (Lipinski definition) is 0. The number of rotatable bonds is 1. The molecule has 0 radical (unpaired) electrons. The number of aryl methyl sites for hydroxylation is 1. The Balaban J connectivity index is 0.000000293. The third kappa shape index (κ3) is 12.9. The molecule has 98 valence electrons. The van der Waals surface area contributed by atoms with Crippen LogP contribution in [0.15, 0.2) is 5.38 Å². The molecular weight excluding hydrogens is 488 g/mol. The van der Waals surface area contributed by atoms with Gasteiger partial charge >= 0.3 is 66.6 Å². The van der Waals surface area contributed by atoms with Gasteiger partial charge in [-0.1, -0.05) is 11.3 Å². The Morgan fingerprint density at radius 1 is 1.19 bits per heavy atom. The summed E-state index contributed by atoms with van der Waals surface area (Å²) < 4.78 is 2.95. The Kier molecular flexibility index (Phi) is 6.31. The Bertz CT molecular complexity index is 335. The first-order valence-electron chi connectivity index (χ1n) is 3.90. The molecule has 0 N–H and O–H groups in total. The quantitative estimate of drug-likeness (QED) is 0.343. The van der Waals surface area contributed by atoms with Crippen molar-refractivity contribution in [2.24, 2.45) is 0 Å². The monoisotopic (exact) mass is 493 g/mol. The first-order valence-corrected chi connectivity index (χ1v) is 24.6. The molecule has 16 heavy (non-hydrogen) atoms. The predicted molar refractivity (Wildman–Crippen MR) is 80.8 cm³/mol. The summed E-state index contributed by atoms with van der Waals surface area (Å²) in [5, 5.41) is 2.06. The molecule has 0 aliphatic carbocycles. The molecule has 1 heterocycles. The second-order valence-corrected chi connectivity index (χ2v) is 61.2. The zero-order chi connectivity index (χ0) is 13.3. The number of aromatic nitrogens is 1. The minimum atomic E-state index is -5.42. The Hall–Kier alpha value is 2.48. The first kappa shape index (κ1) is 18.5. The zero-order valence-electron chi connectivity index (χ0n) is 8.23. The molecule has 1 aromatic heterocycles. The van der Waals surface area contributed by atoms with Crippen molar-refractivity contribution in [1.82, 2.24) is 0 Å². The molecule has 1 aromatic rings. The maximum atomic E-state index is 5.83. The van der Waals surface area contributed by atoms with Gasteiger partial charge in [-0.3, -0.25) is 0 Å². The van der Waals surface area contributed by atoms with Crippen LogP contribution >= 0.6 is 75.9 Å². The molecule has 0 spiro atoms. The summed E-state index contributed by atoms with van der Waals surface area (Å²) in [6.45, 7) is 5.12. The van der Waals surface area contributed by atoms with Crippen molar-refractivity contribution in [1.29, 1.82) is 0 Å². The first-order chi connectivity index (χ1) is 6.70. The van der Waals surface area contributed by atoms with Crippen LogP contribution in [0.4, 0.5) is 0 Å². The molecule has 0 atom stereocenters. The second-order valence-electron chi connectivity index (χ2n) is 2.83. The molecule has 1 nitrogen and oxygen atoms in total. The van der Waals surface area contributed by atoms with Crippen LogP contribution in [-0.4, -0.2) is 9.14 Å². The van der Waals surface area contributed by atoms with Gasteiger partial charge in [-0.2, -0.15) is 4.57 Å². The summed E-state index contributed by atoms with van der Waals surface area (Å²) in [7, 11) is 25.0. The average Bonchev–Trinajstić information content (AvgIpc) is 2.24. The number of hydrogen-bond acceptors (Lipinski definition) is 1. The Morgan fingerprint density at radius 2 is 1.56 bits per heavy atom. The van der Waals surface area contributed by atoms with E-state index in [2.05, 4.69) is 23.8 Å². The van der Waals surface area contributed by atoms with Crippen LogP contribution in [0.5, 0.6) is 0 Å². The van der Waals surface area contributed by atoms with E-state index in [1.54, 1.807) is 11.3 Å². The molecule has 0 aliphatic rings. The summed E-state index contributed by atoms with van der Waals surface area (Å²) in [5.41, 5.74) is 1.24. The molecule has 0 fully saturated rings. The van der Waals surface area contributed by atoms with Gasteiger partial charge in [-0.05, 0) is 6.92 Å². The SMILES string of the molecule is CC[n+]1c(C)csc1Cl.[Cl][Sb-]([Cl])([Cl])([Cl])([Cl])[Cl]. The van der Waals surface area contributed by atoms with Crippen LogP contribution in [0.2, 0.25) is 4.47 Å². The van der Waals surface area contributed by atoms with Gasteiger partial charge in [0.2, 0.25) is 0 Å². The van der Waals surface area contributed by atoms with Crippen molar-refractivity contribution >= 4 is 85.1 Å². The zero-order valence-corrected chi connectivity index (χ0v) is 16.9. The third-order valence-electron chi connectivity index (χ3n) is 1.28. The minimum absolute atomic E-state index is 0.870. The fraction of sp³-hybridized carbons (Fsp3) is 0.500. The normalized spacial score (nSPS) is 15.8. The van der Waals surface area contributed by atoms with Crippen LogP contribution in [0, 0.1) is 6.92 Å². The van der Waals surface area contributed by atoms with E-state index in [9.17, 15) is 0 Å². The fourth-order valence-electron chi connectivity index (χ4n) is 0.774. The Morgan fingerprint density at radius 3 is 1.69 bits per heavy atom. The number of thiazole rings is 1. The summed E-state index contributed by atoms with van der Waals surface area (Å²) in [6.07, 6.45) is 0. The molecular formula is C6H9Cl7NSSb. The van der Waals surface area contributed by atoms with E-state index >= 15 is 0 Å². The van der Waals surface area contributed by atoms with Crippen LogP contribution in [-0.2, 0) is 6.54 Å². The van der Waals surface area contributed by atoms with Gasteiger partial charge in [0.1, 0.15) is 6.54 Å². The van der Waals surface area contributed by atoms with Crippen LogP contribution < -0.4 is 4.57 Å². The average molecular weight is 497 g/mol. The third-order valence-corrected chi connectivity index (χ3v) is 2.63. The van der Waals surface area contributed by atoms with Crippen molar-refractivity contribution < 1.29 is 4.57 Å². The van der Waals surface area contributed by atoms with E-state index in [-0.39, 0.29) is 0 Å². The van der Waals surface area contributed by atoms with Crippen LogP contribution in [0.1, 0.15) is 12.6 Å². The van der Waals surface area contributed by atoms with Crippen LogP contribution in [0.3, 0.4) is 0 Å². The predicted octanol–water partition coefficient (Wildman–Crippen LogP) is 5.77. The van der Waals surface area contributed by atoms with E-state index < -0.39 is 9.14 Å². The van der Waals surface area contributed by atoms with Crippen molar-refractivity contribution in [2.45, 2.75) is 20.4 Å². The molecule has 0 saturated heterocycles. The standard InChI is InChI=1S/C6H9ClNS.6ClH.Sb/c1-3-8-5(2)4-9-6(8)7;;;;;;;/h4H,3H2,1-2H3;6*1H;/q+1;;;;;;;+5/p-6. The van der Waals surface area contributed by atoms with Crippen molar-refractivity contribution in [3.63, 3.8) is 0 Å². The van der Waals surface area contributed by atoms with E-state index in [0.717, 1.165) is 11.0 Å². The van der Waals surface area contributed by atoms with Gasteiger partial charge in [0.25, 0.3) is 0 Å². The second kappa shape index (κ2) is 5.46. The molecule has 0 aliphatic heterocycles. The Labute approximate surface area is 124 Å². The van der Waals surface area contributed by atoms with Gasteiger partial charge in [0.05, 0.1) is 5.38 Å². The van der Waals surface area contributed by atoms with E-state index in [1.165, 1.54) is 5.69 Å². The molecule has 0 saturated carbocycles. The van der Waals surface area contributed by atoms with Gasteiger partial charge in [-0.25, -0.2) is 0 Å². The molecule has 0 unspecified atom stereocenters. The van der Waals surface area contributed by atoms with Crippen molar-refractivity contribution in [3.05, 3.63) is 15.5 Å². The fourth-order valence-corrected chi connectivity index (χ4v) is 1.96. The van der Waals surface area contributed by atoms with Gasteiger partial charge < -0.3 is 0 Å². The van der Waals surface area contributed by atoms with Crippen molar-refractivity contribution in [3.8, 4) is 0 Å². The molecule has 10 heteroatoms. The molecule has 0 amide bonds. The van der Waals surface area contributed by atoms with E-state index in [0.29, 0.717) is 0 Å². The molecule has 1 rings (SSSR count). The number of nitrogens with zero attached hydrogens (tertiary/aromatic N) is 1. The maximum absolute atomic E-state index is 5.83. The van der Waals surface area contributed by atoms with E-state index in [4.69, 9.17) is 64.6 Å². The summed E-state index contributed by atoms with van der Waals surface area (Å²) >= 11 is 7.41. The van der Waals surface area contributed by atoms with Gasteiger partial charge in [-0.15, -0.1) is 0 Å². The molecule has 0 bridgehead atoms. The molecule has 0 aromatic carbocycles. The van der Waals surface area contributed by atoms with Gasteiger partial charge in [0, 0.05) is 18.5 Å². The van der Waals surface area contributed by atoms with Crippen molar-refractivity contribution in [2.75, 3.05) is 0 Å². The summed E-state index contributed by atoms with van der Waals surface area (Å²) in [5.74, 6) is 0. The number of halogens is 7. The van der Waals surface area contributed by atoms with Gasteiger partial charge in [0.15, 0.2) is 5.69 Å². The summed E-state index contributed by atoms with van der Waals surface area (Å²) in [4.78, 5) is 0. The van der Waals surface area contributed by atoms with Crippen LogP contribution in [0.25, 0.3) is 0 Å². The van der Waals surface area contributed by atoms with E-state index in [1.807, 2.05) is 0 Å². The topological polar surface area (TPSA) is 3.88 Å². The summed E-state index contributed by atoms with van der Waals surface area (Å²) in [6, 6.07) is 0.